The zero-order chi connectivity index (χ0) is 20.1. The van der Waals surface area contributed by atoms with Crippen LogP contribution in [0.4, 0.5) is 29.2 Å². The first kappa shape index (κ1) is 19.3. The number of carbonyl (C=O) groups is 1. The number of rotatable bonds is 6. The van der Waals surface area contributed by atoms with Gasteiger partial charge >= 0.3 is 0 Å². The molecule has 9 heteroatoms. The monoisotopic (exact) mass is 390 g/mol. The van der Waals surface area contributed by atoms with Crippen molar-refractivity contribution in [3.63, 3.8) is 0 Å². The lowest BCUT2D eigenvalue weighted by Crippen LogP contribution is -2.16. The number of benzene rings is 2. The van der Waals surface area contributed by atoms with E-state index in [0.717, 1.165) is 11.6 Å². The van der Waals surface area contributed by atoms with E-state index in [2.05, 4.69) is 20.8 Å². The van der Waals surface area contributed by atoms with Crippen LogP contribution in [0.1, 0.15) is 15.9 Å². The number of halogens is 4. The molecule has 3 aromatic rings. The molecule has 0 spiro atoms. The van der Waals surface area contributed by atoms with E-state index < -0.39 is 28.9 Å². The van der Waals surface area contributed by atoms with Gasteiger partial charge < -0.3 is 10.6 Å². The number of carbonyl (C=O) groups excluding carboxylic acids is 1. The summed E-state index contributed by atoms with van der Waals surface area (Å²) in [5.41, 5.74) is 0.293. The molecule has 0 aliphatic carbocycles. The van der Waals surface area contributed by atoms with Crippen LogP contribution in [0, 0.1) is 23.3 Å². The highest BCUT2D eigenvalue weighted by atomic mass is 19.2. The Bertz CT molecular complexity index is 978. The minimum atomic E-state index is -1.72. The molecule has 0 saturated carbocycles. The number of anilines is 2. The number of hydrogen-bond acceptors (Lipinski definition) is 4. The largest absolute Gasteiger partial charge is 0.368 e. The van der Waals surface area contributed by atoms with Gasteiger partial charge in [0.05, 0.1) is 5.56 Å². The third-order valence-electron chi connectivity index (χ3n) is 3.82. The maximum absolute atomic E-state index is 13.6. The van der Waals surface area contributed by atoms with Crippen molar-refractivity contribution in [2.45, 2.75) is 6.42 Å². The van der Waals surface area contributed by atoms with Gasteiger partial charge in [-0.3, -0.25) is 4.79 Å². The van der Waals surface area contributed by atoms with E-state index in [1.165, 1.54) is 24.3 Å². The molecule has 0 aliphatic heterocycles. The maximum atomic E-state index is 13.6. The highest BCUT2D eigenvalue weighted by Crippen LogP contribution is 2.16. The minimum absolute atomic E-state index is 0.0122. The van der Waals surface area contributed by atoms with E-state index in [1.807, 2.05) is 0 Å². The normalized spacial score (nSPS) is 10.6. The lowest BCUT2D eigenvalue weighted by Gasteiger charge is -2.08. The Kier molecular flexibility index (Phi) is 5.83. The van der Waals surface area contributed by atoms with Crippen molar-refractivity contribution in [1.82, 2.24) is 10.2 Å². The van der Waals surface area contributed by atoms with E-state index >= 15 is 0 Å². The summed E-state index contributed by atoms with van der Waals surface area (Å²) in [5, 5.41) is 12.9. The molecule has 0 unspecified atom stereocenters. The van der Waals surface area contributed by atoms with Crippen molar-refractivity contribution in [2.24, 2.45) is 0 Å². The SMILES string of the molecule is O=C(Nc1ccc(NCCc2ccc(F)cc2)nn1)c1ccc(F)c(F)c1F. The third-order valence-corrected chi connectivity index (χ3v) is 3.82. The van der Waals surface area contributed by atoms with Crippen LogP contribution < -0.4 is 10.6 Å². The Morgan fingerprint density at radius 1 is 0.821 bits per heavy atom. The number of nitrogens with zero attached hydrogens (tertiary/aromatic N) is 2. The van der Waals surface area contributed by atoms with Gasteiger partial charge in [0, 0.05) is 6.54 Å². The van der Waals surface area contributed by atoms with Crippen molar-refractivity contribution in [1.29, 1.82) is 0 Å². The van der Waals surface area contributed by atoms with Crippen molar-refractivity contribution in [3.8, 4) is 0 Å². The molecule has 28 heavy (non-hydrogen) atoms. The summed E-state index contributed by atoms with van der Waals surface area (Å²) < 4.78 is 52.6. The van der Waals surface area contributed by atoms with Crippen molar-refractivity contribution in [2.75, 3.05) is 17.2 Å². The highest BCUT2D eigenvalue weighted by molar-refractivity contribution is 6.03. The maximum Gasteiger partial charge on any atom is 0.259 e. The Hall–Kier alpha value is -3.49. The van der Waals surface area contributed by atoms with Gasteiger partial charge in [0.15, 0.2) is 23.3 Å². The van der Waals surface area contributed by atoms with E-state index in [1.54, 1.807) is 12.1 Å². The summed E-state index contributed by atoms with van der Waals surface area (Å²) in [5.74, 6) is -5.53. The second-order valence-corrected chi connectivity index (χ2v) is 5.78. The van der Waals surface area contributed by atoms with Crippen LogP contribution in [0.5, 0.6) is 0 Å². The van der Waals surface area contributed by atoms with Crippen LogP contribution in [0.15, 0.2) is 48.5 Å². The predicted molar refractivity (Wildman–Crippen MR) is 94.9 cm³/mol. The lowest BCUT2D eigenvalue weighted by atomic mass is 10.1. The molecule has 1 amide bonds. The van der Waals surface area contributed by atoms with Crippen LogP contribution in [-0.4, -0.2) is 22.6 Å². The van der Waals surface area contributed by atoms with E-state index in [9.17, 15) is 22.4 Å². The van der Waals surface area contributed by atoms with Crippen LogP contribution in [-0.2, 0) is 6.42 Å². The van der Waals surface area contributed by atoms with Crippen LogP contribution in [0.2, 0.25) is 0 Å². The lowest BCUT2D eigenvalue weighted by molar-refractivity contribution is 0.102. The molecule has 0 fully saturated rings. The van der Waals surface area contributed by atoms with Gasteiger partial charge in [-0.2, -0.15) is 0 Å². The quantitative estimate of drug-likeness (QED) is 0.494. The smallest absolute Gasteiger partial charge is 0.259 e. The van der Waals surface area contributed by atoms with Gasteiger partial charge in [0.25, 0.3) is 5.91 Å². The van der Waals surface area contributed by atoms with Gasteiger partial charge in [-0.05, 0) is 48.4 Å². The van der Waals surface area contributed by atoms with Crippen LogP contribution in [0.3, 0.4) is 0 Å². The molecule has 5 nitrogen and oxygen atoms in total. The van der Waals surface area contributed by atoms with Gasteiger partial charge in [-0.15, -0.1) is 10.2 Å². The van der Waals surface area contributed by atoms with E-state index in [4.69, 9.17) is 0 Å². The fourth-order valence-electron chi connectivity index (χ4n) is 2.36. The topological polar surface area (TPSA) is 66.9 Å². The molecule has 3 rings (SSSR count). The summed E-state index contributed by atoms with van der Waals surface area (Å²) in [6.07, 6.45) is 0.635. The van der Waals surface area contributed by atoms with Crippen LogP contribution in [0.25, 0.3) is 0 Å². The van der Waals surface area contributed by atoms with Crippen molar-refractivity contribution < 1.29 is 22.4 Å². The molecule has 2 aromatic carbocycles. The first-order valence-corrected chi connectivity index (χ1v) is 8.21. The average molecular weight is 390 g/mol. The standard InChI is InChI=1S/C19H14F4N4O/c20-12-3-1-11(2-4-12)9-10-24-15-7-8-16(27-26-15)25-19(28)13-5-6-14(21)18(23)17(13)22/h1-8H,9-10H2,(H,24,26)(H,25,27,28). The zero-order valence-corrected chi connectivity index (χ0v) is 14.3. The van der Waals surface area contributed by atoms with Crippen molar-refractivity contribution >= 4 is 17.5 Å². The first-order chi connectivity index (χ1) is 13.4. The molecule has 0 radical (unpaired) electrons. The first-order valence-electron chi connectivity index (χ1n) is 8.21. The number of nitrogens with one attached hydrogen (secondary N) is 2. The predicted octanol–water partition coefficient (Wildman–Crippen LogP) is 3.94. The summed E-state index contributed by atoms with van der Waals surface area (Å²) in [6.45, 7) is 0.520. The van der Waals surface area contributed by atoms with Crippen LogP contribution >= 0.6 is 0 Å². The summed E-state index contributed by atoms with van der Waals surface area (Å²) in [6, 6.07) is 10.6. The molecule has 1 aromatic heterocycles. The molecule has 0 saturated heterocycles. The molecular formula is C19H14F4N4O. The van der Waals surface area contributed by atoms with Gasteiger partial charge in [0.1, 0.15) is 11.6 Å². The van der Waals surface area contributed by atoms with E-state index in [0.29, 0.717) is 24.8 Å². The summed E-state index contributed by atoms with van der Waals surface area (Å²) >= 11 is 0. The zero-order valence-electron chi connectivity index (χ0n) is 14.3. The molecule has 0 atom stereocenters. The number of hydrogen-bond donors (Lipinski definition) is 2. The Balaban J connectivity index is 1.56. The minimum Gasteiger partial charge on any atom is -0.368 e. The van der Waals surface area contributed by atoms with Gasteiger partial charge in [0.2, 0.25) is 0 Å². The van der Waals surface area contributed by atoms with Crippen molar-refractivity contribution in [3.05, 3.63) is 82.9 Å². The second-order valence-electron chi connectivity index (χ2n) is 5.78. The van der Waals surface area contributed by atoms with Gasteiger partial charge in [-0.25, -0.2) is 17.6 Å². The Morgan fingerprint density at radius 3 is 2.18 bits per heavy atom. The second kappa shape index (κ2) is 8.47. The Morgan fingerprint density at radius 2 is 1.50 bits per heavy atom. The third kappa shape index (κ3) is 4.61. The molecule has 0 aliphatic rings. The number of aromatic nitrogens is 2. The average Bonchev–Trinajstić information content (AvgIpc) is 2.69. The fraction of sp³-hybridized carbons (Fsp3) is 0.105. The molecule has 2 N–H and O–H groups in total. The molecular weight excluding hydrogens is 376 g/mol. The van der Waals surface area contributed by atoms with Gasteiger partial charge in [-0.1, -0.05) is 12.1 Å². The Labute approximate surface area is 157 Å². The molecule has 1 heterocycles. The van der Waals surface area contributed by atoms with E-state index in [-0.39, 0.29) is 11.6 Å². The molecule has 144 valence electrons. The highest BCUT2D eigenvalue weighted by Gasteiger charge is 2.19. The number of amides is 1. The summed E-state index contributed by atoms with van der Waals surface area (Å²) in [4.78, 5) is 12.0. The summed E-state index contributed by atoms with van der Waals surface area (Å²) in [7, 11) is 0. The molecule has 0 bridgehead atoms. The fourth-order valence-corrected chi connectivity index (χ4v) is 2.36.